The van der Waals surface area contributed by atoms with Crippen molar-refractivity contribution in [1.29, 1.82) is 0 Å². The highest BCUT2D eigenvalue weighted by Gasteiger charge is 2.45. The van der Waals surface area contributed by atoms with E-state index in [2.05, 4.69) is 79.7 Å². The van der Waals surface area contributed by atoms with Crippen molar-refractivity contribution in [2.75, 3.05) is 0 Å². The van der Waals surface area contributed by atoms with Crippen LogP contribution in [0.15, 0.2) is 121 Å². The summed E-state index contributed by atoms with van der Waals surface area (Å²) in [5.74, 6) is 0.837. The Morgan fingerprint density at radius 2 is 1.19 bits per heavy atom. The van der Waals surface area contributed by atoms with Crippen molar-refractivity contribution in [2.45, 2.75) is 12.5 Å². The van der Waals surface area contributed by atoms with E-state index in [0.29, 0.717) is 5.02 Å². The molecule has 4 aromatic carbocycles. The molecule has 0 spiro atoms. The first kappa shape index (κ1) is 20.4. The standard InChI is InChI=1S/C30H23ClO/c1-30(25-19-11-12-20-26(25)31)29(24-17-9-4-10-18-24)28(23-15-7-3-8-16-23)27(32-30)21-22-13-5-2-6-14-22/h2-21H,1H3/b27-21-. The van der Waals surface area contributed by atoms with Crippen LogP contribution in [0, 0.1) is 0 Å². The van der Waals surface area contributed by atoms with Gasteiger partial charge in [0.05, 0.1) is 0 Å². The smallest absolute Gasteiger partial charge is 0.159 e. The molecule has 0 fully saturated rings. The fourth-order valence-electron chi connectivity index (χ4n) is 4.44. The van der Waals surface area contributed by atoms with Crippen LogP contribution in [0.5, 0.6) is 0 Å². The van der Waals surface area contributed by atoms with Gasteiger partial charge in [-0.3, -0.25) is 0 Å². The second-order valence-corrected chi connectivity index (χ2v) is 8.42. The molecule has 5 rings (SSSR count). The zero-order chi connectivity index (χ0) is 22.0. The number of halogens is 1. The van der Waals surface area contributed by atoms with Gasteiger partial charge in [-0.2, -0.15) is 0 Å². The molecule has 4 aromatic rings. The Hall–Kier alpha value is -3.55. The van der Waals surface area contributed by atoms with Crippen molar-refractivity contribution >= 4 is 28.8 Å². The van der Waals surface area contributed by atoms with Gasteiger partial charge in [-0.05, 0) is 35.8 Å². The highest BCUT2D eigenvalue weighted by Crippen LogP contribution is 2.55. The van der Waals surface area contributed by atoms with Gasteiger partial charge in [-0.15, -0.1) is 0 Å². The average Bonchev–Trinajstić information content (AvgIpc) is 3.13. The Morgan fingerprint density at radius 3 is 1.81 bits per heavy atom. The zero-order valence-electron chi connectivity index (χ0n) is 17.8. The van der Waals surface area contributed by atoms with Crippen LogP contribution < -0.4 is 0 Å². The largest absolute Gasteiger partial charge is 0.477 e. The van der Waals surface area contributed by atoms with Gasteiger partial charge in [0.25, 0.3) is 0 Å². The van der Waals surface area contributed by atoms with Crippen LogP contribution >= 0.6 is 11.6 Å². The predicted octanol–water partition coefficient (Wildman–Crippen LogP) is 8.24. The van der Waals surface area contributed by atoms with E-state index in [0.717, 1.165) is 39.2 Å². The molecule has 1 heterocycles. The summed E-state index contributed by atoms with van der Waals surface area (Å²) in [5.41, 5.74) is 5.72. The molecule has 32 heavy (non-hydrogen) atoms. The highest BCUT2D eigenvalue weighted by atomic mass is 35.5. The summed E-state index contributed by atoms with van der Waals surface area (Å²) in [5, 5.41) is 0.691. The van der Waals surface area contributed by atoms with Gasteiger partial charge in [0.2, 0.25) is 0 Å². The molecule has 0 aliphatic carbocycles. The molecular formula is C30H23ClO. The van der Waals surface area contributed by atoms with E-state index in [-0.39, 0.29) is 0 Å². The third-order valence-corrected chi connectivity index (χ3v) is 6.23. The lowest BCUT2D eigenvalue weighted by Crippen LogP contribution is -2.23. The topological polar surface area (TPSA) is 9.23 Å². The quantitative estimate of drug-likeness (QED) is 0.314. The maximum atomic E-state index is 6.86. The Kier molecular flexibility index (Phi) is 5.43. The van der Waals surface area contributed by atoms with E-state index in [1.165, 1.54) is 0 Å². The summed E-state index contributed by atoms with van der Waals surface area (Å²) in [4.78, 5) is 0. The molecule has 1 nitrogen and oxygen atoms in total. The monoisotopic (exact) mass is 434 g/mol. The van der Waals surface area contributed by atoms with E-state index in [9.17, 15) is 0 Å². The molecule has 0 bridgehead atoms. The van der Waals surface area contributed by atoms with Crippen LogP contribution in [0.4, 0.5) is 0 Å². The summed E-state index contributed by atoms with van der Waals surface area (Å²) in [6, 6.07) is 39.1. The fraction of sp³-hybridized carbons (Fsp3) is 0.0667. The highest BCUT2D eigenvalue weighted by molar-refractivity contribution is 6.31. The van der Waals surface area contributed by atoms with Gasteiger partial charge in [0.1, 0.15) is 5.76 Å². The molecule has 0 aromatic heterocycles. The van der Waals surface area contributed by atoms with Crippen molar-refractivity contribution in [3.05, 3.63) is 148 Å². The third-order valence-electron chi connectivity index (χ3n) is 5.90. The predicted molar refractivity (Wildman–Crippen MR) is 134 cm³/mol. The number of allylic oxidation sites excluding steroid dienone is 1. The molecule has 1 atom stereocenters. The summed E-state index contributed by atoms with van der Waals surface area (Å²) >= 11 is 6.73. The normalized spacial score (nSPS) is 19.2. The van der Waals surface area contributed by atoms with Gasteiger partial charge in [0, 0.05) is 21.7 Å². The first-order chi connectivity index (χ1) is 15.7. The molecule has 0 N–H and O–H groups in total. The van der Waals surface area contributed by atoms with Crippen molar-refractivity contribution < 1.29 is 4.74 Å². The van der Waals surface area contributed by atoms with Gasteiger partial charge >= 0.3 is 0 Å². The van der Waals surface area contributed by atoms with Crippen molar-refractivity contribution in [3.63, 3.8) is 0 Å². The van der Waals surface area contributed by atoms with E-state index in [4.69, 9.17) is 16.3 Å². The van der Waals surface area contributed by atoms with E-state index in [1.807, 2.05) is 48.5 Å². The molecular weight excluding hydrogens is 412 g/mol. The number of benzene rings is 4. The first-order valence-electron chi connectivity index (χ1n) is 10.7. The second kappa shape index (κ2) is 8.53. The number of hydrogen-bond donors (Lipinski definition) is 0. The van der Waals surface area contributed by atoms with Crippen LogP contribution in [0.3, 0.4) is 0 Å². The maximum absolute atomic E-state index is 6.86. The fourth-order valence-corrected chi connectivity index (χ4v) is 4.76. The number of ether oxygens (including phenoxy) is 1. The SMILES string of the molecule is CC1(c2ccccc2Cl)O/C(=C\c2ccccc2)C(c2ccccc2)=C1c1ccccc1. The van der Waals surface area contributed by atoms with Crippen molar-refractivity contribution in [2.24, 2.45) is 0 Å². The van der Waals surface area contributed by atoms with Gasteiger partial charge in [0.15, 0.2) is 5.60 Å². The minimum Gasteiger partial charge on any atom is -0.477 e. The summed E-state index contributed by atoms with van der Waals surface area (Å²) < 4.78 is 6.86. The minimum atomic E-state index is -0.745. The van der Waals surface area contributed by atoms with Crippen LogP contribution in [-0.4, -0.2) is 0 Å². The Bertz CT molecular complexity index is 1290. The lowest BCUT2D eigenvalue weighted by Gasteiger charge is -2.29. The van der Waals surface area contributed by atoms with E-state index < -0.39 is 5.60 Å². The molecule has 0 saturated carbocycles. The molecule has 1 aliphatic rings. The minimum absolute atomic E-state index is 0.691. The van der Waals surface area contributed by atoms with Crippen LogP contribution in [0.25, 0.3) is 17.2 Å². The summed E-state index contributed by atoms with van der Waals surface area (Å²) in [6.45, 7) is 2.12. The average molecular weight is 435 g/mol. The van der Waals surface area contributed by atoms with Crippen LogP contribution in [-0.2, 0) is 10.3 Å². The summed E-state index contributed by atoms with van der Waals surface area (Å²) in [6.07, 6.45) is 2.12. The summed E-state index contributed by atoms with van der Waals surface area (Å²) in [7, 11) is 0. The second-order valence-electron chi connectivity index (χ2n) is 8.02. The van der Waals surface area contributed by atoms with Gasteiger partial charge in [-0.1, -0.05) is 121 Å². The molecule has 0 saturated heterocycles. The lowest BCUT2D eigenvalue weighted by atomic mass is 9.81. The third kappa shape index (κ3) is 3.66. The first-order valence-corrected chi connectivity index (χ1v) is 11.1. The Morgan fingerprint density at radius 1 is 0.656 bits per heavy atom. The lowest BCUT2D eigenvalue weighted by molar-refractivity contribution is 0.0942. The zero-order valence-corrected chi connectivity index (χ0v) is 18.6. The Labute approximate surface area is 194 Å². The van der Waals surface area contributed by atoms with E-state index in [1.54, 1.807) is 0 Å². The molecule has 2 heteroatoms. The molecule has 0 amide bonds. The molecule has 1 aliphatic heterocycles. The van der Waals surface area contributed by atoms with Gasteiger partial charge < -0.3 is 4.74 Å². The number of hydrogen-bond acceptors (Lipinski definition) is 1. The van der Waals surface area contributed by atoms with Gasteiger partial charge in [-0.25, -0.2) is 0 Å². The van der Waals surface area contributed by atoms with Crippen molar-refractivity contribution in [1.82, 2.24) is 0 Å². The van der Waals surface area contributed by atoms with Crippen molar-refractivity contribution in [3.8, 4) is 0 Å². The molecule has 156 valence electrons. The molecule has 1 unspecified atom stereocenters. The molecule has 0 radical (unpaired) electrons. The Balaban J connectivity index is 1.84. The van der Waals surface area contributed by atoms with E-state index >= 15 is 0 Å². The van der Waals surface area contributed by atoms with Crippen LogP contribution in [0.1, 0.15) is 29.2 Å². The number of rotatable bonds is 4. The maximum Gasteiger partial charge on any atom is 0.159 e. The van der Waals surface area contributed by atoms with Crippen LogP contribution in [0.2, 0.25) is 5.02 Å².